The van der Waals surface area contributed by atoms with Crippen LogP contribution in [0.3, 0.4) is 0 Å². The molecule has 0 saturated carbocycles. The minimum absolute atomic E-state index is 0.333. The fraction of sp³-hybridized carbons (Fsp3) is 0.333. The molecule has 38 valence electrons. The van der Waals surface area contributed by atoms with Crippen molar-refractivity contribution in [3.8, 4) is 5.95 Å². The number of aromatic nitrogens is 2. The van der Waals surface area contributed by atoms with E-state index in [2.05, 4.69) is 19.6 Å². The van der Waals surface area contributed by atoms with E-state index in [0.29, 0.717) is 5.95 Å². The normalized spacial score (nSPS) is 8.71. The molecule has 0 fully saturated rings. The molecule has 0 spiro atoms. The molecule has 4 nitrogen and oxygen atoms in total. The van der Waals surface area contributed by atoms with Crippen molar-refractivity contribution in [1.82, 2.24) is 10.4 Å². The van der Waals surface area contributed by atoms with Crippen molar-refractivity contribution in [2.24, 2.45) is 0 Å². The Balaban J connectivity index is 2.76. The van der Waals surface area contributed by atoms with E-state index < -0.39 is 0 Å². The van der Waals surface area contributed by atoms with E-state index in [-0.39, 0.29) is 0 Å². The summed E-state index contributed by atoms with van der Waals surface area (Å²) in [7, 11) is 1.49. The molecular formula is C3H4N2O2. The van der Waals surface area contributed by atoms with E-state index in [4.69, 9.17) is 0 Å². The fourth-order valence-electron chi connectivity index (χ4n) is 0.248. The molecular weight excluding hydrogens is 96.0 g/mol. The summed E-state index contributed by atoms with van der Waals surface area (Å²) in [4.78, 5) is 0. The molecule has 1 aromatic heterocycles. The summed E-state index contributed by atoms with van der Waals surface area (Å²) in [6.07, 6.45) is 1.39. The fourth-order valence-corrected chi connectivity index (χ4v) is 0.248. The number of methoxy groups -OCH3 is 1. The molecule has 0 radical (unpaired) electrons. The molecule has 0 aromatic carbocycles. The van der Waals surface area contributed by atoms with E-state index in [0.717, 1.165) is 0 Å². The highest BCUT2D eigenvalue weighted by Crippen LogP contribution is 2.00. The van der Waals surface area contributed by atoms with Crippen LogP contribution in [0.2, 0.25) is 0 Å². The van der Waals surface area contributed by atoms with Crippen molar-refractivity contribution in [3.63, 3.8) is 0 Å². The van der Waals surface area contributed by atoms with Crippen LogP contribution in [0, 0.1) is 0 Å². The van der Waals surface area contributed by atoms with Crippen molar-refractivity contribution in [3.05, 3.63) is 6.20 Å². The van der Waals surface area contributed by atoms with Crippen LogP contribution in [0.4, 0.5) is 0 Å². The van der Waals surface area contributed by atoms with Crippen LogP contribution in [0.5, 0.6) is 5.95 Å². The third-order valence-electron chi connectivity index (χ3n) is 0.542. The summed E-state index contributed by atoms with van der Waals surface area (Å²) < 4.78 is 8.96. The molecule has 0 saturated heterocycles. The smallest absolute Gasteiger partial charge is 0.331 e. The van der Waals surface area contributed by atoms with Gasteiger partial charge in [-0.2, -0.15) is 0 Å². The Kier molecular flexibility index (Phi) is 0.934. The third kappa shape index (κ3) is 0.677. The number of hydrogen-bond donors (Lipinski definition) is 0. The maximum atomic E-state index is 4.56. The number of nitrogens with zero attached hydrogens (tertiary/aromatic N) is 2. The Labute approximate surface area is 40.1 Å². The minimum Gasteiger partial charge on any atom is -0.466 e. The average Bonchev–Trinajstić information content (AvgIpc) is 2.14. The quantitative estimate of drug-likeness (QED) is 0.501. The van der Waals surface area contributed by atoms with Gasteiger partial charge in [0.2, 0.25) is 0 Å². The largest absolute Gasteiger partial charge is 0.466 e. The second-order valence-electron chi connectivity index (χ2n) is 0.941. The lowest BCUT2D eigenvalue weighted by atomic mass is 10.9. The molecule has 0 aliphatic carbocycles. The summed E-state index contributed by atoms with van der Waals surface area (Å²) >= 11 is 0. The summed E-state index contributed by atoms with van der Waals surface area (Å²) in [5.41, 5.74) is 0. The summed E-state index contributed by atoms with van der Waals surface area (Å²) in [5, 5.41) is 6.49. The second-order valence-corrected chi connectivity index (χ2v) is 0.941. The van der Waals surface area contributed by atoms with Crippen LogP contribution < -0.4 is 4.74 Å². The topological polar surface area (TPSA) is 48.2 Å². The predicted octanol–water partition coefficient (Wildman–Crippen LogP) is 0.0782. The molecule has 0 amide bonds. The SMILES string of the molecule is COc1cnno1. The lowest BCUT2D eigenvalue weighted by Crippen LogP contribution is -1.75. The second kappa shape index (κ2) is 1.59. The molecule has 0 aliphatic rings. The first-order chi connectivity index (χ1) is 3.43. The van der Waals surface area contributed by atoms with Crippen LogP contribution in [-0.4, -0.2) is 17.5 Å². The third-order valence-corrected chi connectivity index (χ3v) is 0.542. The number of hydrogen-bond acceptors (Lipinski definition) is 4. The van der Waals surface area contributed by atoms with Gasteiger partial charge < -0.3 is 4.74 Å². The molecule has 7 heavy (non-hydrogen) atoms. The van der Waals surface area contributed by atoms with Crippen LogP contribution >= 0.6 is 0 Å². The van der Waals surface area contributed by atoms with Crippen molar-refractivity contribution in [1.29, 1.82) is 0 Å². The highest BCUT2D eigenvalue weighted by Gasteiger charge is 1.89. The van der Waals surface area contributed by atoms with Crippen LogP contribution in [0.15, 0.2) is 10.7 Å². The number of ether oxygens (including phenoxy) is 1. The molecule has 0 bridgehead atoms. The first kappa shape index (κ1) is 4.11. The molecule has 1 rings (SSSR count). The van der Waals surface area contributed by atoms with Crippen LogP contribution in [-0.2, 0) is 0 Å². The minimum atomic E-state index is 0.333. The van der Waals surface area contributed by atoms with Gasteiger partial charge in [-0.15, -0.1) is 5.10 Å². The van der Waals surface area contributed by atoms with E-state index >= 15 is 0 Å². The van der Waals surface area contributed by atoms with Crippen molar-refractivity contribution < 1.29 is 9.26 Å². The predicted molar refractivity (Wildman–Crippen MR) is 20.8 cm³/mol. The Bertz CT molecular complexity index is 125. The van der Waals surface area contributed by atoms with Crippen molar-refractivity contribution in [2.75, 3.05) is 7.11 Å². The molecule has 0 N–H and O–H groups in total. The molecule has 1 aromatic rings. The van der Waals surface area contributed by atoms with Gasteiger partial charge in [0.05, 0.1) is 7.11 Å². The standard InChI is InChI=1S/C3H4N2O2/c1-6-3-2-4-5-7-3/h2H,1H3. The lowest BCUT2D eigenvalue weighted by Gasteiger charge is -1.81. The molecule has 1 heterocycles. The average molecular weight is 100 g/mol. The van der Waals surface area contributed by atoms with E-state index in [1.54, 1.807) is 0 Å². The maximum Gasteiger partial charge on any atom is 0.331 e. The van der Waals surface area contributed by atoms with Gasteiger partial charge in [-0.1, -0.05) is 0 Å². The van der Waals surface area contributed by atoms with E-state index in [1.165, 1.54) is 13.3 Å². The van der Waals surface area contributed by atoms with Gasteiger partial charge in [-0.3, -0.25) is 4.52 Å². The summed E-state index contributed by atoms with van der Waals surface area (Å²) in [6.45, 7) is 0. The van der Waals surface area contributed by atoms with Crippen LogP contribution in [0.25, 0.3) is 0 Å². The van der Waals surface area contributed by atoms with Gasteiger partial charge >= 0.3 is 5.95 Å². The van der Waals surface area contributed by atoms with Crippen molar-refractivity contribution in [2.45, 2.75) is 0 Å². The van der Waals surface area contributed by atoms with Gasteiger partial charge in [-0.25, -0.2) is 0 Å². The van der Waals surface area contributed by atoms with Gasteiger partial charge in [0.15, 0.2) is 0 Å². The van der Waals surface area contributed by atoms with Crippen molar-refractivity contribution >= 4 is 0 Å². The van der Waals surface area contributed by atoms with Crippen LogP contribution in [0.1, 0.15) is 0 Å². The molecule has 0 atom stereocenters. The highest BCUT2D eigenvalue weighted by molar-refractivity contribution is 4.90. The zero-order valence-corrected chi connectivity index (χ0v) is 3.79. The maximum absolute atomic E-state index is 4.56. The molecule has 0 unspecified atom stereocenters. The van der Waals surface area contributed by atoms with E-state index in [1.807, 2.05) is 0 Å². The Hall–Kier alpha value is -1.06. The lowest BCUT2D eigenvalue weighted by molar-refractivity contribution is 0.254. The van der Waals surface area contributed by atoms with E-state index in [9.17, 15) is 0 Å². The first-order valence-corrected chi connectivity index (χ1v) is 1.75. The number of rotatable bonds is 1. The van der Waals surface area contributed by atoms with Gasteiger partial charge in [0.25, 0.3) is 0 Å². The molecule has 4 heteroatoms. The highest BCUT2D eigenvalue weighted by atomic mass is 16.6. The summed E-state index contributed by atoms with van der Waals surface area (Å²) in [5.74, 6) is 0.333. The van der Waals surface area contributed by atoms with Gasteiger partial charge in [0.1, 0.15) is 6.20 Å². The van der Waals surface area contributed by atoms with Gasteiger partial charge in [0, 0.05) is 5.27 Å². The summed E-state index contributed by atoms with van der Waals surface area (Å²) in [6, 6.07) is 0. The Morgan fingerprint density at radius 1 is 1.86 bits per heavy atom. The Morgan fingerprint density at radius 2 is 2.71 bits per heavy atom. The monoisotopic (exact) mass is 100 g/mol. The Morgan fingerprint density at radius 3 is 3.00 bits per heavy atom. The molecule has 0 aliphatic heterocycles. The first-order valence-electron chi connectivity index (χ1n) is 1.75. The van der Waals surface area contributed by atoms with Gasteiger partial charge in [-0.05, 0) is 0 Å². The zero-order valence-electron chi connectivity index (χ0n) is 3.79. The zero-order chi connectivity index (χ0) is 5.11.